The van der Waals surface area contributed by atoms with Crippen LogP contribution >= 0.6 is 11.3 Å². The number of piperidine rings is 1. The van der Waals surface area contributed by atoms with E-state index < -0.39 is 0 Å². The standard InChI is InChI=1S/C18H20FN5OS/c1-2-20-16(25)13-4-3-9-23(10-13)18-22-24-11-15(21-17(24)26-18)12-5-7-14(19)8-6-12/h5-8,11,13H,2-4,9-10H2,1H3,(H,20,25)/t13-/m1/s1. The Hall–Kier alpha value is -2.48. The molecule has 1 N–H and O–H groups in total. The van der Waals surface area contributed by atoms with Crippen LogP contribution in [0.1, 0.15) is 19.8 Å². The average molecular weight is 373 g/mol. The van der Waals surface area contributed by atoms with E-state index in [2.05, 4.69) is 20.3 Å². The minimum Gasteiger partial charge on any atom is -0.356 e. The topological polar surface area (TPSA) is 62.5 Å². The van der Waals surface area contributed by atoms with Crippen LogP contribution in [0.2, 0.25) is 0 Å². The fourth-order valence-corrected chi connectivity index (χ4v) is 4.18. The van der Waals surface area contributed by atoms with E-state index in [-0.39, 0.29) is 17.6 Å². The predicted molar refractivity (Wildman–Crippen MR) is 99.9 cm³/mol. The van der Waals surface area contributed by atoms with E-state index in [1.54, 1.807) is 16.6 Å². The third-order valence-electron chi connectivity index (χ3n) is 4.59. The van der Waals surface area contributed by atoms with Gasteiger partial charge in [0.1, 0.15) is 5.82 Å². The molecule has 6 nitrogen and oxygen atoms in total. The molecule has 2 aromatic heterocycles. The first-order valence-electron chi connectivity index (χ1n) is 8.79. The Labute approximate surface area is 154 Å². The van der Waals surface area contributed by atoms with Crippen LogP contribution in [-0.4, -0.2) is 40.1 Å². The Morgan fingerprint density at radius 1 is 1.38 bits per heavy atom. The first-order chi connectivity index (χ1) is 12.6. The molecule has 26 heavy (non-hydrogen) atoms. The maximum absolute atomic E-state index is 13.1. The Morgan fingerprint density at radius 3 is 2.92 bits per heavy atom. The average Bonchev–Trinajstić information content (AvgIpc) is 3.22. The van der Waals surface area contributed by atoms with Crippen LogP contribution in [0.4, 0.5) is 9.52 Å². The molecule has 1 aliphatic rings. The maximum Gasteiger partial charge on any atom is 0.224 e. The van der Waals surface area contributed by atoms with Gasteiger partial charge in [-0.2, -0.15) is 0 Å². The van der Waals surface area contributed by atoms with Crippen LogP contribution in [0.5, 0.6) is 0 Å². The summed E-state index contributed by atoms with van der Waals surface area (Å²) in [4.78, 5) is 19.7. The Morgan fingerprint density at radius 2 is 2.19 bits per heavy atom. The number of anilines is 1. The summed E-state index contributed by atoms with van der Waals surface area (Å²) in [5.74, 6) is -0.131. The summed E-state index contributed by atoms with van der Waals surface area (Å²) in [5, 5.41) is 8.43. The summed E-state index contributed by atoms with van der Waals surface area (Å²) in [5.41, 5.74) is 1.63. The third kappa shape index (κ3) is 3.29. The molecule has 1 amide bonds. The molecule has 136 valence electrons. The van der Waals surface area contributed by atoms with Gasteiger partial charge < -0.3 is 10.2 Å². The first kappa shape index (κ1) is 17.0. The highest BCUT2D eigenvalue weighted by Crippen LogP contribution is 2.29. The fraction of sp³-hybridized carbons (Fsp3) is 0.389. The Kier molecular flexibility index (Phi) is 4.58. The highest BCUT2D eigenvalue weighted by atomic mass is 32.1. The lowest BCUT2D eigenvalue weighted by atomic mass is 9.97. The largest absolute Gasteiger partial charge is 0.356 e. The highest BCUT2D eigenvalue weighted by molar-refractivity contribution is 7.20. The lowest BCUT2D eigenvalue weighted by molar-refractivity contribution is -0.125. The molecule has 8 heteroatoms. The van der Waals surface area contributed by atoms with Crippen molar-refractivity contribution in [3.8, 4) is 11.3 Å². The molecule has 3 aromatic rings. The monoisotopic (exact) mass is 373 g/mol. The molecule has 0 radical (unpaired) electrons. The van der Waals surface area contributed by atoms with Crippen molar-refractivity contribution in [2.24, 2.45) is 5.92 Å². The number of hydrogen-bond donors (Lipinski definition) is 1. The molecule has 4 rings (SSSR count). The normalized spacial score (nSPS) is 17.6. The molecule has 0 spiro atoms. The van der Waals surface area contributed by atoms with Crippen LogP contribution in [0.25, 0.3) is 16.2 Å². The van der Waals surface area contributed by atoms with Crippen LogP contribution < -0.4 is 10.2 Å². The van der Waals surface area contributed by atoms with Crippen molar-refractivity contribution in [1.82, 2.24) is 19.9 Å². The summed E-state index contributed by atoms with van der Waals surface area (Å²) in [6.07, 6.45) is 3.75. The molecule has 0 saturated carbocycles. The zero-order chi connectivity index (χ0) is 18.1. The van der Waals surface area contributed by atoms with E-state index in [4.69, 9.17) is 0 Å². The Balaban J connectivity index is 1.53. The lowest BCUT2D eigenvalue weighted by Crippen LogP contribution is -2.43. The lowest BCUT2D eigenvalue weighted by Gasteiger charge is -2.31. The van der Waals surface area contributed by atoms with Gasteiger partial charge in [-0.15, -0.1) is 5.10 Å². The summed E-state index contributed by atoms with van der Waals surface area (Å²) >= 11 is 1.51. The van der Waals surface area contributed by atoms with Gasteiger partial charge in [-0.3, -0.25) is 4.79 Å². The smallest absolute Gasteiger partial charge is 0.224 e. The molecular formula is C18H20FN5OS. The number of carbonyl (C=O) groups excluding carboxylic acids is 1. The van der Waals surface area contributed by atoms with Gasteiger partial charge in [0.2, 0.25) is 16.0 Å². The fourth-order valence-electron chi connectivity index (χ4n) is 3.26. The van der Waals surface area contributed by atoms with Crippen LogP contribution in [0, 0.1) is 11.7 Å². The van der Waals surface area contributed by atoms with E-state index in [1.807, 2.05) is 13.1 Å². The van der Waals surface area contributed by atoms with Crippen molar-refractivity contribution < 1.29 is 9.18 Å². The van der Waals surface area contributed by atoms with Crippen LogP contribution in [0.3, 0.4) is 0 Å². The van der Waals surface area contributed by atoms with Crippen LogP contribution in [0.15, 0.2) is 30.5 Å². The molecule has 0 bridgehead atoms. The number of halogens is 1. The van der Waals surface area contributed by atoms with Crippen molar-refractivity contribution in [2.45, 2.75) is 19.8 Å². The van der Waals surface area contributed by atoms with Gasteiger partial charge >= 0.3 is 0 Å². The first-order valence-corrected chi connectivity index (χ1v) is 9.60. The number of rotatable bonds is 4. The van der Waals surface area contributed by atoms with Crippen LogP contribution in [-0.2, 0) is 4.79 Å². The minimum atomic E-state index is -0.262. The zero-order valence-electron chi connectivity index (χ0n) is 14.5. The number of benzene rings is 1. The molecule has 1 atom stereocenters. The third-order valence-corrected chi connectivity index (χ3v) is 5.57. The van der Waals surface area contributed by atoms with E-state index >= 15 is 0 Å². The van der Waals surface area contributed by atoms with Gasteiger partial charge in [0, 0.05) is 25.2 Å². The van der Waals surface area contributed by atoms with E-state index in [0.29, 0.717) is 13.1 Å². The number of hydrogen-bond acceptors (Lipinski definition) is 5. The van der Waals surface area contributed by atoms with Gasteiger partial charge in [0.05, 0.1) is 17.8 Å². The molecular weight excluding hydrogens is 353 g/mol. The molecule has 1 saturated heterocycles. The molecule has 0 aliphatic carbocycles. The molecule has 3 heterocycles. The van der Waals surface area contributed by atoms with E-state index in [9.17, 15) is 9.18 Å². The second kappa shape index (κ2) is 7.03. The van der Waals surface area contributed by atoms with Crippen molar-refractivity contribution in [3.63, 3.8) is 0 Å². The van der Waals surface area contributed by atoms with E-state index in [1.165, 1.54) is 23.5 Å². The number of carbonyl (C=O) groups is 1. The maximum atomic E-state index is 13.1. The van der Waals surface area contributed by atoms with Gasteiger partial charge in [0.15, 0.2) is 0 Å². The highest BCUT2D eigenvalue weighted by Gasteiger charge is 2.27. The van der Waals surface area contributed by atoms with Crippen molar-refractivity contribution in [1.29, 1.82) is 0 Å². The number of fused-ring (bicyclic) bond motifs is 1. The quantitative estimate of drug-likeness (QED) is 0.764. The number of nitrogens with zero attached hydrogens (tertiary/aromatic N) is 4. The van der Waals surface area contributed by atoms with Gasteiger partial charge in [0.25, 0.3) is 0 Å². The molecule has 0 unspecified atom stereocenters. The zero-order valence-corrected chi connectivity index (χ0v) is 15.3. The summed E-state index contributed by atoms with van der Waals surface area (Å²) in [6, 6.07) is 6.28. The molecule has 1 aromatic carbocycles. The van der Waals surface area contributed by atoms with Gasteiger partial charge in [-0.1, -0.05) is 11.3 Å². The summed E-state index contributed by atoms with van der Waals surface area (Å²) in [6.45, 7) is 4.18. The Bertz CT molecular complexity index is 888. The number of amides is 1. The number of aromatic nitrogens is 3. The second-order valence-corrected chi connectivity index (χ2v) is 7.36. The van der Waals surface area contributed by atoms with E-state index in [0.717, 1.165) is 40.7 Å². The predicted octanol–water partition coefficient (Wildman–Crippen LogP) is 2.95. The van der Waals surface area contributed by atoms with Crippen molar-refractivity contribution >= 4 is 27.3 Å². The number of imidazole rings is 1. The summed E-state index contributed by atoms with van der Waals surface area (Å²) in [7, 11) is 0. The number of nitrogens with one attached hydrogen (secondary N) is 1. The van der Waals surface area contributed by atoms with Crippen molar-refractivity contribution in [2.75, 3.05) is 24.5 Å². The summed E-state index contributed by atoms with van der Waals surface area (Å²) < 4.78 is 14.8. The SMILES string of the molecule is CCNC(=O)[C@@H]1CCCN(c2nn3cc(-c4ccc(F)cc4)nc3s2)C1. The second-order valence-electron chi connectivity index (χ2n) is 6.42. The van der Waals surface area contributed by atoms with Gasteiger partial charge in [-0.05, 0) is 44.0 Å². The van der Waals surface area contributed by atoms with Gasteiger partial charge in [-0.25, -0.2) is 13.9 Å². The molecule has 1 fully saturated rings. The van der Waals surface area contributed by atoms with Crippen molar-refractivity contribution in [3.05, 3.63) is 36.3 Å². The molecule has 1 aliphatic heterocycles. The minimum absolute atomic E-state index is 0.00898.